The molecule has 4 heterocycles. The van der Waals surface area contributed by atoms with Crippen LogP contribution in [0.4, 0.5) is 11.4 Å². The van der Waals surface area contributed by atoms with Gasteiger partial charge < -0.3 is 19.9 Å². The number of benzene rings is 2. The van der Waals surface area contributed by atoms with Gasteiger partial charge in [0.2, 0.25) is 5.91 Å². The molecule has 5 heteroatoms. The van der Waals surface area contributed by atoms with Gasteiger partial charge in [-0.2, -0.15) is 0 Å². The van der Waals surface area contributed by atoms with Gasteiger partial charge in [-0.25, -0.2) is 0 Å². The minimum absolute atomic E-state index is 0.123. The van der Waals surface area contributed by atoms with Crippen LogP contribution >= 0.6 is 0 Å². The number of nitrogens with one attached hydrogen (secondary N) is 1. The van der Waals surface area contributed by atoms with Crippen molar-refractivity contribution in [1.82, 2.24) is 4.90 Å². The fourth-order valence-corrected chi connectivity index (χ4v) is 6.59. The Morgan fingerprint density at radius 3 is 2.97 bits per heavy atom. The van der Waals surface area contributed by atoms with E-state index in [1.165, 1.54) is 47.4 Å². The van der Waals surface area contributed by atoms with Crippen molar-refractivity contribution in [1.29, 1.82) is 0 Å². The molecule has 0 aromatic heterocycles. The van der Waals surface area contributed by atoms with Crippen molar-refractivity contribution in [2.24, 2.45) is 0 Å². The molecule has 1 saturated carbocycles. The number of piperidine rings is 1. The van der Waals surface area contributed by atoms with Crippen molar-refractivity contribution in [3.05, 3.63) is 53.1 Å². The molecular formula is C26H29N3O2. The smallest absolute Gasteiger partial charge is 0.243 e. The highest BCUT2D eigenvalue weighted by molar-refractivity contribution is 6.03. The Morgan fingerprint density at radius 2 is 2.06 bits per heavy atom. The van der Waals surface area contributed by atoms with Crippen molar-refractivity contribution in [2.75, 3.05) is 43.0 Å². The number of para-hydroxylation sites is 2. The number of rotatable bonds is 4. The van der Waals surface area contributed by atoms with Crippen LogP contribution in [0.5, 0.6) is 5.75 Å². The average Bonchev–Trinajstić information content (AvgIpc) is 3.39. The zero-order valence-corrected chi connectivity index (χ0v) is 17.9. The quantitative estimate of drug-likeness (QED) is 0.828. The van der Waals surface area contributed by atoms with E-state index in [0.717, 1.165) is 44.8 Å². The van der Waals surface area contributed by atoms with Crippen LogP contribution in [-0.4, -0.2) is 49.6 Å². The lowest BCUT2D eigenvalue weighted by Gasteiger charge is -2.39. The first kappa shape index (κ1) is 18.1. The summed E-state index contributed by atoms with van der Waals surface area (Å²) in [7, 11) is 0. The first-order valence-corrected chi connectivity index (χ1v) is 11.9. The molecule has 1 N–H and O–H groups in total. The number of likely N-dealkylation sites (tertiary alicyclic amines) is 1. The van der Waals surface area contributed by atoms with Crippen LogP contribution in [0.3, 0.4) is 0 Å². The van der Waals surface area contributed by atoms with Crippen LogP contribution in [-0.2, 0) is 16.6 Å². The fourth-order valence-electron chi connectivity index (χ4n) is 6.59. The van der Waals surface area contributed by atoms with Gasteiger partial charge in [-0.15, -0.1) is 0 Å². The normalized spacial score (nSPS) is 26.8. The van der Waals surface area contributed by atoms with Crippen molar-refractivity contribution in [2.45, 2.75) is 49.5 Å². The Kier molecular flexibility index (Phi) is 3.78. The third kappa shape index (κ3) is 2.68. The lowest BCUT2D eigenvalue weighted by molar-refractivity contribution is -0.115. The van der Waals surface area contributed by atoms with E-state index in [2.05, 4.69) is 45.4 Å². The Hall–Kier alpha value is -2.53. The number of carbonyl (C=O) groups is 1. The topological polar surface area (TPSA) is 44.8 Å². The summed E-state index contributed by atoms with van der Waals surface area (Å²) in [5.74, 6) is 1.83. The van der Waals surface area contributed by atoms with E-state index in [-0.39, 0.29) is 5.91 Å². The Morgan fingerprint density at radius 1 is 1.16 bits per heavy atom. The molecule has 7 rings (SSSR count). The number of anilines is 2. The van der Waals surface area contributed by atoms with Crippen LogP contribution in [0.1, 0.15) is 48.3 Å². The SMILES string of the molecule is O=C1CN2c3c(cccc3[C@@H]3CN(CCCc4cccc5c4OCC54CC4)CC[C@@H]32)N1. The van der Waals surface area contributed by atoms with Gasteiger partial charge in [0.05, 0.1) is 24.5 Å². The third-order valence-electron chi connectivity index (χ3n) is 8.34. The van der Waals surface area contributed by atoms with E-state index in [1.54, 1.807) is 0 Å². The molecule has 0 bridgehead atoms. The van der Waals surface area contributed by atoms with Crippen molar-refractivity contribution in [3.8, 4) is 5.75 Å². The summed E-state index contributed by atoms with van der Waals surface area (Å²) < 4.78 is 6.14. The molecular weight excluding hydrogens is 386 g/mol. The second-order valence-electron chi connectivity index (χ2n) is 10.1. The van der Waals surface area contributed by atoms with Gasteiger partial charge in [0, 0.05) is 36.0 Å². The van der Waals surface area contributed by atoms with Gasteiger partial charge in [-0.1, -0.05) is 30.3 Å². The predicted molar refractivity (Wildman–Crippen MR) is 121 cm³/mol. The second-order valence-corrected chi connectivity index (χ2v) is 10.1. The van der Waals surface area contributed by atoms with Crippen molar-refractivity contribution < 1.29 is 9.53 Å². The van der Waals surface area contributed by atoms with E-state index in [9.17, 15) is 4.79 Å². The van der Waals surface area contributed by atoms with E-state index in [4.69, 9.17) is 4.74 Å². The lowest BCUT2D eigenvalue weighted by atomic mass is 9.89. The number of hydrogen-bond donors (Lipinski definition) is 1. The third-order valence-corrected chi connectivity index (χ3v) is 8.34. The highest BCUT2D eigenvalue weighted by Gasteiger charge is 2.51. The summed E-state index contributed by atoms with van der Waals surface area (Å²) >= 11 is 0. The van der Waals surface area contributed by atoms with Crippen LogP contribution in [0.15, 0.2) is 36.4 Å². The zero-order valence-electron chi connectivity index (χ0n) is 17.9. The minimum Gasteiger partial charge on any atom is -0.492 e. The Balaban J connectivity index is 1.04. The molecule has 5 nitrogen and oxygen atoms in total. The number of ether oxygens (including phenoxy) is 1. The van der Waals surface area contributed by atoms with E-state index in [1.807, 2.05) is 6.07 Å². The molecule has 2 aromatic rings. The summed E-state index contributed by atoms with van der Waals surface area (Å²) in [6.07, 6.45) is 5.98. The van der Waals surface area contributed by atoms with Gasteiger partial charge in [-0.05, 0) is 55.8 Å². The van der Waals surface area contributed by atoms with Crippen molar-refractivity contribution >= 4 is 17.3 Å². The summed E-state index contributed by atoms with van der Waals surface area (Å²) in [5, 5.41) is 3.07. The minimum atomic E-state index is 0.123. The van der Waals surface area contributed by atoms with Gasteiger partial charge in [0.25, 0.3) is 0 Å². The van der Waals surface area contributed by atoms with Crippen LogP contribution in [0.25, 0.3) is 0 Å². The molecule has 0 radical (unpaired) electrons. The Bertz CT molecular complexity index is 1080. The number of amides is 1. The number of carbonyl (C=O) groups excluding carboxylic acids is 1. The monoisotopic (exact) mass is 415 g/mol. The lowest BCUT2D eigenvalue weighted by Crippen LogP contribution is -2.49. The Labute approximate surface area is 183 Å². The second kappa shape index (κ2) is 6.49. The summed E-state index contributed by atoms with van der Waals surface area (Å²) in [6.45, 7) is 4.74. The average molecular weight is 416 g/mol. The zero-order chi connectivity index (χ0) is 20.6. The molecule has 0 unspecified atom stereocenters. The molecule has 2 aromatic carbocycles. The van der Waals surface area contributed by atoms with Crippen LogP contribution in [0, 0.1) is 0 Å². The summed E-state index contributed by atoms with van der Waals surface area (Å²) in [5.41, 5.74) is 6.95. The van der Waals surface area contributed by atoms with Gasteiger partial charge in [-0.3, -0.25) is 4.79 Å². The molecule has 1 amide bonds. The molecule has 31 heavy (non-hydrogen) atoms. The predicted octanol–water partition coefficient (Wildman–Crippen LogP) is 3.67. The molecule has 2 fully saturated rings. The highest BCUT2D eigenvalue weighted by atomic mass is 16.5. The van der Waals surface area contributed by atoms with E-state index in [0.29, 0.717) is 23.9 Å². The number of aryl methyl sites for hydroxylation is 1. The number of fused-ring (bicyclic) bond motifs is 5. The summed E-state index contributed by atoms with van der Waals surface area (Å²) in [4.78, 5) is 17.2. The maximum absolute atomic E-state index is 12.2. The standard InChI is InChI=1S/C26H29N3O2/c30-23-15-29-22-9-13-28(14-19(22)18-6-2-8-21(27-23)24(18)29)12-3-5-17-4-1-7-20-25(17)31-16-26(20)10-11-26/h1-2,4,6-8,19,22H,3,5,9-16H2,(H,27,30)/t19-,22-/m0/s1. The first-order valence-electron chi connectivity index (χ1n) is 11.9. The van der Waals surface area contributed by atoms with Crippen LogP contribution in [0.2, 0.25) is 0 Å². The van der Waals surface area contributed by atoms with Crippen LogP contribution < -0.4 is 15.0 Å². The van der Waals surface area contributed by atoms with E-state index < -0.39 is 0 Å². The molecule has 4 aliphatic heterocycles. The maximum atomic E-state index is 12.2. The van der Waals surface area contributed by atoms with Gasteiger partial charge in [0.1, 0.15) is 5.75 Å². The molecule has 5 aliphatic rings. The largest absolute Gasteiger partial charge is 0.492 e. The molecule has 160 valence electrons. The van der Waals surface area contributed by atoms with Crippen molar-refractivity contribution in [3.63, 3.8) is 0 Å². The number of nitrogens with zero attached hydrogens (tertiary/aromatic N) is 2. The molecule has 1 spiro atoms. The maximum Gasteiger partial charge on any atom is 0.243 e. The van der Waals surface area contributed by atoms with Gasteiger partial charge >= 0.3 is 0 Å². The first-order chi connectivity index (χ1) is 15.2. The molecule has 1 saturated heterocycles. The molecule has 1 aliphatic carbocycles. The highest BCUT2D eigenvalue weighted by Crippen LogP contribution is 2.56. The molecule has 2 atom stereocenters. The fraction of sp³-hybridized carbons (Fsp3) is 0.500. The summed E-state index contributed by atoms with van der Waals surface area (Å²) in [6, 6.07) is 13.7. The van der Waals surface area contributed by atoms with Gasteiger partial charge in [0.15, 0.2) is 0 Å². The number of hydrogen-bond acceptors (Lipinski definition) is 4. The van der Waals surface area contributed by atoms with E-state index >= 15 is 0 Å².